The third-order valence-corrected chi connectivity index (χ3v) is 7.06. The second-order valence-electron chi connectivity index (χ2n) is 8.79. The van der Waals surface area contributed by atoms with Crippen LogP contribution in [0.3, 0.4) is 0 Å². The molecule has 1 aromatic heterocycles. The van der Waals surface area contributed by atoms with Gasteiger partial charge in [0.25, 0.3) is 0 Å². The molecule has 5 rings (SSSR count). The molecule has 0 spiro atoms. The van der Waals surface area contributed by atoms with Crippen LogP contribution in [0.1, 0.15) is 55.2 Å². The number of anilines is 1. The van der Waals surface area contributed by atoms with Crippen LogP contribution in [0.15, 0.2) is 84.2 Å². The molecule has 0 atom stereocenters. The van der Waals surface area contributed by atoms with Crippen LogP contribution in [0.4, 0.5) is 5.13 Å². The summed E-state index contributed by atoms with van der Waals surface area (Å²) in [6.07, 6.45) is 3.77. The van der Waals surface area contributed by atoms with Crippen LogP contribution in [-0.2, 0) is 6.42 Å². The summed E-state index contributed by atoms with van der Waals surface area (Å²) in [5, 5.41) is 4.06. The molecule has 0 bridgehead atoms. The first-order valence-electron chi connectivity index (χ1n) is 12.5. The van der Waals surface area contributed by atoms with E-state index in [-0.39, 0.29) is 5.78 Å². The third kappa shape index (κ3) is 8.61. The highest BCUT2D eigenvalue weighted by Gasteiger charge is 2.29. The Morgan fingerprint density at radius 1 is 0.944 bits per heavy atom. The van der Waals surface area contributed by atoms with Crippen LogP contribution in [0.25, 0.3) is 11.1 Å². The maximum atomic E-state index is 10.7. The fourth-order valence-corrected chi connectivity index (χ4v) is 4.76. The van der Waals surface area contributed by atoms with Crippen molar-refractivity contribution < 1.29 is 4.79 Å². The SMILES string of the molecule is CC(=O)c1ccc(Cl)cc1.CCc1csc(N(CC)C2CC2)n1.Cc1ccc(-c2ccccc2)cc1. The molecule has 36 heavy (non-hydrogen) atoms. The normalized spacial score (nSPS) is 12.0. The number of carbonyl (C=O) groups excluding carboxylic acids is 1. The van der Waals surface area contributed by atoms with Gasteiger partial charge in [-0.1, -0.05) is 78.7 Å². The van der Waals surface area contributed by atoms with Crippen LogP contribution >= 0.6 is 22.9 Å². The Kier molecular flexibility index (Phi) is 10.7. The Morgan fingerprint density at radius 2 is 1.56 bits per heavy atom. The summed E-state index contributed by atoms with van der Waals surface area (Å²) in [4.78, 5) is 17.8. The number of benzene rings is 3. The number of aromatic nitrogens is 1. The molecule has 0 unspecified atom stereocenters. The van der Waals surface area contributed by atoms with Crippen LogP contribution in [0.2, 0.25) is 5.02 Å². The number of aryl methyl sites for hydroxylation is 2. The summed E-state index contributed by atoms with van der Waals surface area (Å²) < 4.78 is 0. The molecule has 0 saturated heterocycles. The molecule has 1 heterocycles. The lowest BCUT2D eigenvalue weighted by atomic mass is 10.0. The second-order valence-corrected chi connectivity index (χ2v) is 10.1. The van der Waals surface area contributed by atoms with Crippen molar-refractivity contribution >= 4 is 33.9 Å². The molecule has 0 N–H and O–H groups in total. The number of Topliss-reactive ketones (excluding diaryl/α,β-unsaturated/α-hetero) is 1. The summed E-state index contributed by atoms with van der Waals surface area (Å²) in [6, 6.07) is 26.7. The van der Waals surface area contributed by atoms with E-state index in [1.165, 1.54) is 47.3 Å². The van der Waals surface area contributed by atoms with E-state index in [0.717, 1.165) is 19.0 Å². The Hall–Kier alpha value is -2.95. The predicted octanol–water partition coefficient (Wildman–Crippen LogP) is 8.90. The van der Waals surface area contributed by atoms with Crippen molar-refractivity contribution in [2.24, 2.45) is 0 Å². The minimum Gasteiger partial charge on any atom is -0.345 e. The number of ketones is 1. The topological polar surface area (TPSA) is 33.2 Å². The Morgan fingerprint density at radius 3 is 2.06 bits per heavy atom. The van der Waals surface area contributed by atoms with Crippen LogP contribution in [0, 0.1) is 6.92 Å². The van der Waals surface area contributed by atoms with Gasteiger partial charge >= 0.3 is 0 Å². The van der Waals surface area contributed by atoms with Gasteiger partial charge in [-0.2, -0.15) is 0 Å². The standard InChI is InChI=1S/C13H12.C10H16N2S.C8H7ClO/c1-11-7-9-13(10-8-11)12-5-3-2-4-6-12;1-3-8-7-13-10(11-8)12(4-2)9-5-6-9;1-6(10)7-2-4-8(9)5-3-7/h2-10H,1H3;7,9H,3-6H2,1-2H3;2-5H,1H3. The quantitative estimate of drug-likeness (QED) is 0.239. The van der Waals surface area contributed by atoms with Crippen LogP contribution < -0.4 is 4.90 Å². The Labute approximate surface area is 224 Å². The largest absolute Gasteiger partial charge is 0.345 e. The molecule has 3 nitrogen and oxygen atoms in total. The first kappa shape index (κ1) is 27.6. The van der Waals surface area contributed by atoms with Crippen molar-refractivity contribution in [3.8, 4) is 11.1 Å². The zero-order valence-electron chi connectivity index (χ0n) is 21.6. The maximum absolute atomic E-state index is 10.7. The van der Waals surface area contributed by atoms with Gasteiger partial charge in [-0.05, 0) is 75.4 Å². The van der Waals surface area contributed by atoms with Gasteiger partial charge in [-0.25, -0.2) is 4.98 Å². The van der Waals surface area contributed by atoms with Crippen molar-refractivity contribution in [2.45, 2.75) is 53.0 Å². The number of hydrogen-bond acceptors (Lipinski definition) is 4. The highest BCUT2D eigenvalue weighted by Crippen LogP contribution is 2.33. The molecule has 0 radical (unpaired) electrons. The molecule has 1 saturated carbocycles. The van der Waals surface area contributed by atoms with E-state index < -0.39 is 0 Å². The van der Waals surface area contributed by atoms with Crippen molar-refractivity contribution in [3.63, 3.8) is 0 Å². The average Bonchev–Trinajstić information content (AvgIpc) is 3.62. The molecule has 4 aromatic rings. The second kappa shape index (κ2) is 14.0. The first-order valence-corrected chi connectivity index (χ1v) is 13.8. The maximum Gasteiger partial charge on any atom is 0.185 e. The number of carbonyl (C=O) groups is 1. The van der Waals surface area contributed by atoms with E-state index in [1.54, 1.807) is 35.6 Å². The molecular formula is C31H35ClN2OS. The van der Waals surface area contributed by atoms with Gasteiger partial charge in [0.2, 0.25) is 0 Å². The molecule has 5 heteroatoms. The van der Waals surface area contributed by atoms with Gasteiger partial charge in [0.1, 0.15) is 0 Å². The average molecular weight is 519 g/mol. The smallest absolute Gasteiger partial charge is 0.185 e. The molecule has 1 aliphatic carbocycles. The van der Waals surface area contributed by atoms with E-state index >= 15 is 0 Å². The van der Waals surface area contributed by atoms with Gasteiger partial charge in [-0.3, -0.25) is 4.79 Å². The summed E-state index contributed by atoms with van der Waals surface area (Å²) in [7, 11) is 0. The number of halogens is 1. The lowest BCUT2D eigenvalue weighted by molar-refractivity contribution is 0.101. The van der Waals surface area contributed by atoms with Crippen molar-refractivity contribution in [3.05, 3.63) is 106 Å². The van der Waals surface area contributed by atoms with E-state index in [1.807, 2.05) is 6.07 Å². The summed E-state index contributed by atoms with van der Waals surface area (Å²) in [5.41, 5.74) is 5.80. The molecule has 188 valence electrons. The fourth-order valence-electron chi connectivity index (χ4n) is 3.59. The van der Waals surface area contributed by atoms with Crippen molar-refractivity contribution in [1.82, 2.24) is 4.98 Å². The zero-order chi connectivity index (χ0) is 25.9. The van der Waals surface area contributed by atoms with Gasteiger partial charge < -0.3 is 4.90 Å². The zero-order valence-corrected chi connectivity index (χ0v) is 23.1. The summed E-state index contributed by atoms with van der Waals surface area (Å²) >= 11 is 7.40. The van der Waals surface area contributed by atoms with Crippen LogP contribution in [0.5, 0.6) is 0 Å². The summed E-state index contributed by atoms with van der Waals surface area (Å²) in [6.45, 7) is 9.11. The van der Waals surface area contributed by atoms with E-state index in [2.05, 4.69) is 84.6 Å². The molecule has 1 fully saturated rings. The minimum absolute atomic E-state index is 0.0664. The summed E-state index contributed by atoms with van der Waals surface area (Å²) in [5.74, 6) is 0.0664. The lowest BCUT2D eigenvalue weighted by Crippen LogP contribution is -2.24. The highest BCUT2D eigenvalue weighted by molar-refractivity contribution is 7.13. The first-order chi connectivity index (χ1) is 17.4. The van der Waals surface area contributed by atoms with Crippen LogP contribution in [-0.4, -0.2) is 23.4 Å². The highest BCUT2D eigenvalue weighted by atomic mass is 35.5. The fraction of sp³-hybridized carbons (Fsp3) is 0.290. The van der Waals surface area contributed by atoms with E-state index in [9.17, 15) is 4.79 Å². The molecule has 1 aliphatic rings. The van der Waals surface area contributed by atoms with Gasteiger partial charge in [0.15, 0.2) is 10.9 Å². The van der Waals surface area contributed by atoms with Crippen molar-refractivity contribution in [2.75, 3.05) is 11.4 Å². The minimum atomic E-state index is 0.0664. The van der Waals surface area contributed by atoms with Gasteiger partial charge in [0, 0.05) is 28.6 Å². The monoisotopic (exact) mass is 518 g/mol. The molecule has 3 aromatic carbocycles. The lowest BCUT2D eigenvalue weighted by Gasteiger charge is -2.18. The number of hydrogen-bond donors (Lipinski definition) is 0. The molecule has 0 aliphatic heterocycles. The number of rotatable bonds is 6. The van der Waals surface area contributed by atoms with Gasteiger partial charge in [0.05, 0.1) is 5.69 Å². The van der Waals surface area contributed by atoms with Gasteiger partial charge in [-0.15, -0.1) is 11.3 Å². The van der Waals surface area contributed by atoms with Crippen molar-refractivity contribution in [1.29, 1.82) is 0 Å². The Balaban J connectivity index is 0.000000152. The third-order valence-electron chi connectivity index (χ3n) is 5.89. The van der Waals surface area contributed by atoms with E-state index in [0.29, 0.717) is 10.6 Å². The number of thiazole rings is 1. The molecular weight excluding hydrogens is 484 g/mol. The Bertz CT molecular complexity index is 1200. The number of nitrogens with zero attached hydrogens (tertiary/aromatic N) is 2. The molecule has 0 amide bonds. The van der Waals surface area contributed by atoms with E-state index in [4.69, 9.17) is 11.6 Å². The predicted molar refractivity (Wildman–Crippen MR) is 156 cm³/mol.